The van der Waals surface area contributed by atoms with Gasteiger partial charge in [-0.2, -0.15) is 0 Å². The number of hydrogen-bond acceptors (Lipinski definition) is 6. The first-order valence-corrected chi connectivity index (χ1v) is 13.7. The molecule has 32 heavy (non-hydrogen) atoms. The van der Waals surface area contributed by atoms with Gasteiger partial charge < -0.3 is 23.7 Å². The number of esters is 1. The van der Waals surface area contributed by atoms with Crippen molar-refractivity contribution in [2.75, 3.05) is 14.2 Å². The molecular formula is C24H36O7Si. The number of ether oxygens (including phenoxy) is 3. The number of cyclic esters (lactones) is 1. The highest BCUT2D eigenvalue weighted by Gasteiger charge is 2.42. The maximum absolute atomic E-state index is 12.7. The van der Waals surface area contributed by atoms with Crippen molar-refractivity contribution in [2.24, 2.45) is 0 Å². The fraction of sp³-hybridized carbons (Fsp3) is 0.583. The molecule has 0 fully saturated rings. The van der Waals surface area contributed by atoms with E-state index in [2.05, 4.69) is 33.9 Å². The first-order chi connectivity index (χ1) is 14.7. The van der Waals surface area contributed by atoms with E-state index in [0.717, 1.165) is 22.3 Å². The van der Waals surface area contributed by atoms with E-state index in [9.17, 15) is 9.59 Å². The molecule has 2 rings (SSSR count). The number of allylic oxidation sites excluding steroid dienone is 1. The number of benzene rings is 1. The fourth-order valence-corrected chi connectivity index (χ4v) is 4.56. The van der Waals surface area contributed by atoms with Gasteiger partial charge in [-0.3, -0.25) is 4.79 Å². The molecule has 0 radical (unpaired) electrons. The largest absolute Gasteiger partial charge is 0.543 e. The lowest BCUT2D eigenvalue weighted by atomic mass is 9.94. The molecular weight excluding hydrogens is 428 g/mol. The third kappa shape index (κ3) is 5.18. The van der Waals surface area contributed by atoms with Crippen LogP contribution in [0.2, 0.25) is 18.1 Å². The summed E-state index contributed by atoms with van der Waals surface area (Å²) < 4.78 is 23.2. The Kier molecular flexibility index (Phi) is 7.83. The molecule has 1 unspecified atom stereocenters. The van der Waals surface area contributed by atoms with E-state index >= 15 is 0 Å². The Labute approximate surface area is 191 Å². The van der Waals surface area contributed by atoms with Crippen LogP contribution in [0.15, 0.2) is 11.6 Å². The van der Waals surface area contributed by atoms with Gasteiger partial charge in [-0.15, -0.1) is 0 Å². The summed E-state index contributed by atoms with van der Waals surface area (Å²) in [5.41, 5.74) is 3.67. The SMILES string of the molecule is COc1c(C)c2c(c(O[Si](C)(C)C(C)(C)C)c1CC=C(C)C(CC(=O)O)OC)C(=O)OC2. The molecule has 0 saturated carbocycles. The zero-order chi connectivity index (χ0) is 24.4. The number of rotatable bonds is 9. The van der Waals surface area contributed by atoms with Gasteiger partial charge in [-0.1, -0.05) is 26.8 Å². The number of hydrogen-bond donors (Lipinski definition) is 1. The lowest BCUT2D eigenvalue weighted by molar-refractivity contribution is -0.139. The molecule has 0 amide bonds. The average Bonchev–Trinajstić information content (AvgIpc) is 3.07. The van der Waals surface area contributed by atoms with E-state index in [1.54, 1.807) is 7.11 Å². The Morgan fingerprint density at radius 1 is 1.25 bits per heavy atom. The Morgan fingerprint density at radius 3 is 2.38 bits per heavy atom. The van der Waals surface area contributed by atoms with Crippen LogP contribution >= 0.6 is 0 Å². The van der Waals surface area contributed by atoms with Gasteiger partial charge in [0.1, 0.15) is 23.7 Å². The van der Waals surface area contributed by atoms with Crippen molar-refractivity contribution in [3.05, 3.63) is 33.9 Å². The summed E-state index contributed by atoms with van der Waals surface area (Å²) in [6.07, 6.45) is 1.65. The number of carboxylic acid groups (broad SMARTS) is 1. The van der Waals surface area contributed by atoms with Gasteiger partial charge in [0.05, 0.1) is 19.6 Å². The van der Waals surface area contributed by atoms with Crippen molar-refractivity contribution in [1.82, 2.24) is 0 Å². The topological polar surface area (TPSA) is 91.3 Å². The summed E-state index contributed by atoms with van der Waals surface area (Å²) in [6.45, 7) is 14.6. The summed E-state index contributed by atoms with van der Waals surface area (Å²) in [7, 11) is 0.799. The minimum atomic E-state index is -2.30. The molecule has 1 atom stereocenters. The molecule has 1 heterocycles. The molecule has 0 saturated heterocycles. The second-order valence-electron chi connectivity index (χ2n) is 9.73. The Hall–Kier alpha value is -2.32. The molecule has 178 valence electrons. The van der Waals surface area contributed by atoms with E-state index < -0.39 is 20.4 Å². The van der Waals surface area contributed by atoms with Gasteiger partial charge in [0.2, 0.25) is 0 Å². The molecule has 1 aliphatic rings. The van der Waals surface area contributed by atoms with Crippen LogP contribution < -0.4 is 9.16 Å². The van der Waals surface area contributed by atoms with E-state index in [4.69, 9.17) is 23.7 Å². The van der Waals surface area contributed by atoms with Gasteiger partial charge in [0.15, 0.2) is 0 Å². The standard InChI is InChI=1S/C24H36O7Si/c1-14(18(28-6)12-19(25)26)10-11-16-21(29-7)15(2)17-13-30-23(27)20(17)22(16)31-32(8,9)24(3,4)5/h10,18H,11-13H2,1-9H3,(H,25,26). The molecule has 1 aromatic rings. The molecule has 0 spiro atoms. The van der Waals surface area contributed by atoms with Crippen molar-refractivity contribution in [2.45, 2.75) is 78.3 Å². The molecule has 1 N–H and O–H groups in total. The van der Waals surface area contributed by atoms with Crippen LogP contribution in [0, 0.1) is 6.92 Å². The van der Waals surface area contributed by atoms with Crippen molar-refractivity contribution in [3.8, 4) is 11.5 Å². The van der Waals surface area contributed by atoms with Gasteiger partial charge in [0.25, 0.3) is 8.32 Å². The van der Waals surface area contributed by atoms with Crippen LogP contribution in [0.1, 0.15) is 61.2 Å². The van der Waals surface area contributed by atoms with Crippen LogP contribution in [-0.2, 0) is 27.3 Å². The molecule has 7 nitrogen and oxygen atoms in total. The van der Waals surface area contributed by atoms with E-state index in [-0.39, 0.29) is 24.0 Å². The van der Waals surface area contributed by atoms with Crippen LogP contribution in [0.3, 0.4) is 0 Å². The van der Waals surface area contributed by atoms with Gasteiger partial charge in [0, 0.05) is 18.2 Å². The van der Waals surface area contributed by atoms with Crippen molar-refractivity contribution in [3.63, 3.8) is 0 Å². The zero-order valence-corrected chi connectivity index (χ0v) is 21.7. The summed E-state index contributed by atoms with van der Waals surface area (Å²) in [5.74, 6) is -0.137. The minimum absolute atomic E-state index is 0.0772. The highest BCUT2D eigenvalue weighted by Crippen LogP contribution is 2.46. The third-order valence-electron chi connectivity index (χ3n) is 6.57. The van der Waals surface area contributed by atoms with Crippen LogP contribution in [-0.4, -0.2) is 45.7 Å². The van der Waals surface area contributed by atoms with Gasteiger partial charge in [-0.25, -0.2) is 4.79 Å². The van der Waals surface area contributed by atoms with E-state index in [0.29, 0.717) is 23.5 Å². The first-order valence-electron chi connectivity index (χ1n) is 10.7. The number of carbonyl (C=O) groups is 2. The fourth-order valence-electron chi connectivity index (χ4n) is 3.51. The predicted molar refractivity (Wildman–Crippen MR) is 125 cm³/mol. The predicted octanol–water partition coefficient (Wildman–Crippen LogP) is 5.04. The Bertz CT molecular complexity index is 926. The molecule has 0 aromatic heterocycles. The minimum Gasteiger partial charge on any atom is -0.543 e. The summed E-state index contributed by atoms with van der Waals surface area (Å²) in [4.78, 5) is 23.9. The quantitative estimate of drug-likeness (QED) is 0.311. The number of carboxylic acids is 1. The smallest absolute Gasteiger partial charge is 0.342 e. The average molecular weight is 465 g/mol. The Balaban J connectivity index is 2.66. The summed E-state index contributed by atoms with van der Waals surface area (Å²) in [6, 6.07) is 0. The van der Waals surface area contributed by atoms with Gasteiger partial charge in [-0.05, 0) is 49.5 Å². The normalized spacial score (nSPS) is 15.3. The van der Waals surface area contributed by atoms with Gasteiger partial charge >= 0.3 is 11.9 Å². The molecule has 0 aliphatic carbocycles. The highest BCUT2D eigenvalue weighted by molar-refractivity contribution is 6.74. The first kappa shape index (κ1) is 25.9. The van der Waals surface area contributed by atoms with Crippen LogP contribution in [0.5, 0.6) is 11.5 Å². The number of methoxy groups -OCH3 is 2. The molecule has 1 aromatic carbocycles. The van der Waals surface area contributed by atoms with Crippen LogP contribution in [0.25, 0.3) is 0 Å². The van der Waals surface area contributed by atoms with Crippen LogP contribution in [0.4, 0.5) is 0 Å². The van der Waals surface area contributed by atoms with E-state index in [1.807, 2.05) is 19.9 Å². The summed E-state index contributed by atoms with van der Waals surface area (Å²) >= 11 is 0. The third-order valence-corrected chi connectivity index (χ3v) is 10.9. The molecule has 1 aliphatic heterocycles. The maximum atomic E-state index is 12.7. The second-order valence-corrected chi connectivity index (χ2v) is 14.5. The highest BCUT2D eigenvalue weighted by atomic mass is 28.4. The maximum Gasteiger partial charge on any atom is 0.342 e. The Morgan fingerprint density at radius 2 is 1.88 bits per heavy atom. The number of fused-ring (bicyclic) bond motifs is 1. The van der Waals surface area contributed by atoms with Crippen molar-refractivity contribution >= 4 is 20.3 Å². The number of aliphatic carboxylic acids is 1. The number of carbonyl (C=O) groups excluding carboxylic acids is 1. The summed E-state index contributed by atoms with van der Waals surface area (Å²) in [5, 5.41) is 9.08. The lowest BCUT2D eigenvalue weighted by Crippen LogP contribution is -2.44. The van der Waals surface area contributed by atoms with Crippen molar-refractivity contribution in [1.29, 1.82) is 0 Å². The van der Waals surface area contributed by atoms with E-state index in [1.165, 1.54) is 7.11 Å². The second kappa shape index (κ2) is 9.66. The molecule has 8 heteroatoms. The monoisotopic (exact) mass is 464 g/mol. The zero-order valence-electron chi connectivity index (χ0n) is 20.7. The molecule has 0 bridgehead atoms. The van der Waals surface area contributed by atoms with Crippen molar-refractivity contribution < 1.29 is 33.3 Å². The lowest BCUT2D eigenvalue weighted by Gasteiger charge is -2.37.